The molecule has 0 bridgehead atoms. The molecular weight excluding hydrogens is 530 g/mol. The molecule has 5 aromatic carbocycles. The molecule has 8 rings (SSSR count). The van der Waals surface area contributed by atoms with Gasteiger partial charge in [-0.1, -0.05) is 78.9 Å². The molecular formula is C38H27N3O2. The van der Waals surface area contributed by atoms with Crippen LogP contribution in [0.5, 0.6) is 0 Å². The zero-order valence-corrected chi connectivity index (χ0v) is 23.4. The molecule has 5 heteroatoms. The summed E-state index contributed by atoms with van der Waals surface area (Å²) in [6.45, 7) is 0. The predicted octanol–water partition coefficient (Wildman–Crippen LogP) is 7.97. The van der Waals surface area contributed by atoms with Crippen LogP contribution in [0.25, 0.3) is 55.3 Å². The van der Waals surface area contributed by atoms with Crippen LogP contribution in [0.2, 0.25) is 0 Å². The molecule has 1 aliphatic carbocycles. The average molecular weight is 558 g/mol. The highest BCUT2D eigenvalue weighted by atomic mass is 16.2. The first-order valence-electron chi connectivity index (χ1n) is 14.5. The highest BCUT2D eigenvalue weighted by Gasteiger charge is 2.18. The third-order valence-corrected chi connectivity index (χ3v) is 8.34. The standard InChI is InChI=1S/C38H27N3O2/c42-37-32-16-8-10-18-35(32)40(38(43)41(37)29-21-19-27(20-22-29)26-11-3-1-4-12-26)30-23-24-36-33(25-30)31-15-7-9-17-34(31)39(36)28-13-5-2-6-14-28/h2-3,5-25H,1,4H2. The monoisotopic (exact) mass is 557 g/mol. The van der Waals surface area contributed by atoms with E-state index in [0.29, 0.717) is 22.3 Å². The zero-order valence-electron chi connectivity index (χ0n) is 23.4. The van der Waals surface area contributed by atoms with Crippen molar-refractivity contribution in [3.63, 3.8) is 0 Å². The van der Waals surface area contributed by atoms with E-state index in [1.54, 1.807) is 10.6 Å². The largest absolute Gasteiger partial charge is 0.340 e. The van der Waals surface area contributed by atoms with Gasteiger partial charge in [0, 0.05) is 16.5 Å². The van der Waals surface area contributed by atoms with Crippen molar-refractivity contribution in [1.29, 1.82) is 0 Å². The highest BCUT2D eigenvalue weighted by Crippen LogP contribution is 2.33. The van der Waals surface area contributed by atoms with Crippen LogP contribution in [0.3, 0.4) is 0 Å². The summed E-state index contributed by atoms with van der Waals surface area (Å²) < 4.78 is 5.19. The number of rotatable bonds is 4. The van der Waals surface area contributed by atoms with Gasteiger partial charge < -0.3 is 4.57 Å². The lowest BCUT2D eigenvalue weighted by molar-refractivity contribution is 0.835. The van der Waals surface area contributed by atoms with E-state index in [1.165, 1.54) is 4.57 Å². The van der Waals surface area contributed by atoms with Gasteiger partial charge in [0.2, 0.25) is 0 Å². The van der Waals surface area contributed by atoms with E-state index in [9.17, 15) is 9.59 Å². The molecule has 7 aromatic rings. The summed E-state index contributed by atoms with van der Waals surface area (Å²) >= 11 is 0. The van der Waals surface area contributed by atoms with E-state index in [1.807, 2.05) is 78.9 Å². The van der Waals surface area contributed by atoms with Crippen molar-refractivity contribution in [3.05, 3.63) is 166 Å². The Morgan fingerprint density at radius 2 is 1.12 bits per heavy atom. The van der Waals surface area contributed by atoms with Crippen LogP contribution in [0, 0.1) is 0 Å². The molecule has 0 amide bonds. The lowest BCUT2D eigenvalue weighted by Gasteiger charge is -2.15. The van der Waals surface area contributed by atoms with Crippen LogP contribution in [-0.4, -0.2) is 13.7 Å². The summed E-state index contributed by atoms with van der Waals surface area (Å²) in [6.07, 6.45) is 8.57. The van der Waals surface area contributed by atoms with E-state index >= 15 is 0 Å². The number of benzene rings is 5. The molecule has 0 saturated heterocycles. The van der Waals surface area contributed by atoms with E-state index in [-0.39, 0.29) is 5.56 Å². The van der Waals surface area contributed by atoms with Gasteiger partial charge in [-0.2, -0.15) is 0 Å². The molecule has 1 aliphatic rings. The van der Waals surface area contributed by atoms with Gasteiger partial charge in [-0.3, -0.25) is 9.36 Å². The molecule has 0 N–H and O–H groups in total. The van der Waals surface area contributed by atoms with Gasteiger partial charge in [0.15, 0.2) is 0 Å². The van der Waals surface area contributed by atoms with Gasteiger partial charge in [-0.25, -0.2) is 9.36 Å². The van der Waals surface area contributed by atoms with Crippen LogP contribution >= 0.6 is 0 Å². The first-order valence-corrected chi connectivity index (χ1v) is 14.5. The molecule has 0 fully saturated rings. The van der Waals surface area contributed by atoms with Crippen LogP contribution in [0.1, 0.15) is 18.4 Å². The lowest BCUT2D eigenvalue weighted by atomic mass is 9.99. The van der Waals surface area contributed by atoms with Crippen molar-refractivity contribution in [1.82, 2.24) is 13.7 Å². The molecule has 2 aromatic heterocycles. The van der Waals surface area contributed by atoms with Crippen molar-refractivity contribution in [2.24, 2.45) is 0 Å². The summed E-state index contributed by atoms with van der Waals surface area (Å²) in [5.74, 6) is 0. The fourth-order valence-corrected chi connectivity index (χ4v) is 6.32. The number of allylic oxidation sites excluding steroid dienone is 4. The Hall–Kier alpha value is -5.68. The fourth-order valence-electron chi connectivity index (χ4n) is 6.32. The van der Waals surface area contributed by atoms with Crippen LogP contribution in [-0.2, 0) is 0 Å². The lowest BCUT2D eigenvalue weighted by Crippen LogP contribution is -2.38. The molecule has 0 unspecified atom stereocenters. The third-order valence-electron chi connectivity index (χ3n) is 8.34. The van der Waals surface area contributed by atoms with Gasteiger partial charge in [-0.15, -0.1) is 0 Å². The van der Waals surface area contributed by atoms with E-state index in [0.717, 1.165) is 51.5 Å². The normalized spacial score (nSPS) is 13.2. The van der Waals surface area contributed by atoms with Gasteiger partial charge in [0.25, 0.3) is 5.56 Å². The molecule has 0 radical (unpaired) electrons. The van der Waals surface area contributed by atoms with Gasteiger partial charge in [0.1, 0.15) is 0 Å². The van der Waals surface area contributed by atoms with Crippen molar-refractivity contribution in [2.45, 2.75) is 12.8 Å². The smallest absolute Gasteiger partial charge is 0.309 e. The second-order valence-corrected chi connectivity index (χ2v) is 10.9. The van der Waals surface area contributed by atoms with E-state index < -0.39 is 5.69 Å². The molecule has 206 valence electrons. The maximum absolute atomic E-state index is 14.3. The third kappa shape index (κ3) is 4.01. The van der Waals surface area contributed by atoms with Gasteiger partial charge in [0.05, 0.1) is 33.3 Å². The van der Waals surface area contributed by atoms with Crippen molar-refractivity contribution < 1.29 is 0 Å². The first-order chi connectivity index (χ1) is 21.2. The Kier molecular flexibility index (Phi) is 5.83. The Bertz CT molecular complexity index is 2370. The zero-order chi connectivity index (χ0) is 28.9. The Balaban J connectivity index is 1.36. The molecule has 2 heterocycles. The van der Waals surface area contributed by atoms with E-state index in [2.05, 4.69) is 59.2 Å². The topological polar surface area (TPSA) is 48.9 Å². The van der Waals surface area contributed by atoms with Gasteiger partial charge >= 0.3 is 5.69 Å². The number of hydrogen-bond donors (Lipinski definition) is 0. The first kappa shape index (κ1) is 25.1. The molecule has 43 heavy (non-hydrogen) atoms. The minimum Gasteiger partial charge on any atom is -0.309 e. The number of para-hydroxylation sites is 3. The van der Waals surface area contributed by atoms with Crippen molar-refractivity contribution in [3.8, 4) is 17.1 Å². The molecule has 0 spiro atoms. The summed E-state index contributed by atoms with van der Waals surface area (Å²) in [4.78, 5) is 28.1. The van der Waals surface area contributed by atoms with Crippen molar-refractivity contribution in [2.75, 3.05) is 0 Å². The van der Waals surface area contributed by atoms with Crippen LogP contribution in [0.15, 0.2) is 149 Å². The summed E-state index contributed by atoms with van der Waals surface area (Å²) in [6, 6.07) is 39.7. The highest BCUT2D eigenvalue weighted by molar-refractivity contribution is 6.10. The van der Waals surface area contributed by atoms with Crippen molar-refractivity contribution >= 4 is 38.3 Å². The molecule has 0 atom stereocenters. The SMILES string of the molecule is O=c1c2ccccc2n(-c2ccc3c(c2)c2ccccc2n3-c2ccccc2)c(=O)n1-c1ccc(C2=CCCC=C2)cc1. The number of aromatic nitrogens is 3. The molecule has 0 saturated carbocycles. The van der Waals surface area contributed by atoms with Crippen LogP contribution < -0.4 is 11.2 Å². The molecule has 0 aliphatic heterocycles. The minimum atomic E-state index is -0.403. The maximum Gasteiger partial charge on any atom is 0.340 e. The maximum atomic E-state index is 14.3. The quantitative estimate of drug-likeness (QED) is 0.220. The summed E-state index contributed by atoms with van der Waals surface area (Å²) in [7, 11) is 0. The second-order valence-electron chi connectivity index (χ2n) is 10.9. The number of nitrogens with zero attached hydrogens (tertiary/aromatic N) is 3. The van der Waals surface area contributed by atoms with Gasteiger partial charge in [-0.05, 0) is 84.6 Å². The van der Waals surface area contributed by atoms with Crippen LogP contribution in [0.4, 0.5) is 0 Å². The summed E-state index contributed by atoms with van der Waals surface area (Å²) in [5, 5.41) is 2.61. The average Bonchev–Trinajstić information content (AvgIpc) is 3.40. The summed E-state index contributed by atoms with van der Waals surface area (Å²) in [5.41, 5.74) is 6.51. The predicted molar refractivity (Wildman–Crippen MR) is 176 cm³/mol. The Morgan fingerprint density at radius 3 is 1.86 bits per heavy atom. The fraction of sp³-hybridized carbons (Fsp3) is 0.0526. The second kappa shape index (κ2) is 10.00. The van der Waals surface area contributed by atoms with E-state index in [4.69, 9.17) is 0 Å². The Morgan fingerprint density at radius 1 is 0.488 bits per heavy atom. The molecule has 5 nitrogen and oxygen atoms in total. The number of fused-ring (bicyclic) bond motifs is 4. The Labute approximate surface area is 247 Å². The number of hydrogen-bond acceptors (Lipinski definition) is 2. The minimum absolute atomic E-state index is 0.330.